The molecule has 1 heterocycles. The summed E-state index contributed by atoms with van der Waals surface area (Å²) < 4.78 is 19.2. The van der Waals surface area contributed by atoms with Gasteiger partial charge in [0.25, 0.3) is 5.79 Å². The van der Waals surface area contributed by atoms with Gasteiger partial charge in [0.1, 0.15) is 19.0 Å². The van der Waals surface area contributed by atoms with E-state index in [0.717, 1.165) is 4.57 Å². The van der Waals surface area contributed by atoms with Crippen LogP contribution >= 0.6 is 0 Å². The van der Waals surface area contributed by atoms with Crippen molar-refractivity contribution >= 4 is 5.95 Å². The van der Waals surface area contributed by atoms with Crippen molar-refractivity contribution in [3.8, 4) is 0 Å². The Morgan fingerprint density at radius 1 is 1.86 bits per heavy atom. The number of nitro groups is 1. The average molecular weight is 203 g/mol. The maximum absolute atomic E-state index is 13.8. The van der Waals surface area contributed by atoms with E-state index < -0.39 is 16.7 Å². The van der Waals surface area contributed by atoms with Gasteiger partial charge in [-0.15, -0.1) is 0 Å². The third kappa shape index (κ3) is 1.87. The molecule has 0 spiro atoms. The topological polar surface area (TPSA) is 70.2 Å². The highest BCUT2D eigenvalue weighted by Crippen LogP contribution is 2.23. The number of methoxy groups -OCH3 is 1. The number of alkyl halides is 1. The largest absolute Gasteiger partial charge is 0.437 e. The molecular weight excluding hydrogens is 193 g/mol. The van der Waals surface area contributed by atoms with E-state index in [4.69, 9.17) is 0 Å². The predicted molar refractivity (Wildman–Crippen MR) is 45.5 cm³/mol. The van der Waals surface area contributed by atoms with Gasteiger partial charge in [-0.05, 0) is 4.92 Å². The summed E-state index contributed by atoms with van der Waals surface area (Å²) in [6.07, 6.45) is 2.38. The van der Waals surface area contributed by atoms with E-state index in [0.29, 0.717) is 0 Å². The van der Waals surface area contributed by atoms with Crippen molar-refractivity contribution < 1.29 is 14.1 Å². The maximum atomic E-state index is 13.8. The van der Waals surface area contributed by atoms with Gasteiger partial charge in [-0.1, -0.05) is 4.98 Å². The fourth-order valence-corrected chi connectivity index (χ4v) is 1.13. The fourth-order valence-electron chi connectivity index (χ4n) is 1.13. The minimum absolute atomic E-state index is 0.274. The number of rotatable bonds is 4. The second-order valence-electron chi connectivity index (χ2n) is 2.93. The molecule has 0 bridgehead atoms. The molecule has 0 aliphatic rings. The molecule has 1 aromatic rings. The van der Waals surface area contributed by atoms with Crippen LogP contribution in [0.5, 0.6) is 0 Å². The Morgan fingerprint density at radius 2 is 2.50 bits per heavy atom. The van der Waals surface area contributed by atoms with Crippen LogP contribution in [0.15, 0.2) is 12.4 Å². The lowest BCUT2D eigenvalue weighted by molar-refractivity contribution is -0.399. The first-order chi connectivity index (χ1) is 6.49. The summed E-state index contributed by atoms with van der Waals surface area (Å²) in [5, 5.41) is 10.4. The Hall–Kier alpha value is -1.50. The van der Waals surface area contributed by atoms with Crippen molar-refractivity contribution in [1.29, 1.82) is 0 Å². The molecule has 0 fully saturated rings. The van der Waals surface area contributed by atoms with E-state index in [-0.39, 0.29) is 6.61 Å². The van der Waals surface area contributed by atoms with Gasteiger partial charge in [0.05, 0.1) is 0 Å². The van der Waals surface area contributed by atoms with Gasteiger partial charge in [-0.25, -0.2) is 0 Å². The Morgan fingerprint density at radius 3 is 3.00 bits per heavy atom. The molecule has 0 aliphatic carbocycles. The van der Waals surface area contributed by atoms with E-state index in [1.807, 2.05) is 0 Å². The van der Waals surface area contributed by atoms with Gasteiger partial charge in [-0.2, -0.15) is 8.96 Å². The van der Waals surface area contributed by atoms with Gasteiger partial charge in [0.15, 0.2) is 0 Å². The number of imidazole rings is 1. The van der Waals surface area contributed by atoms with E-state index in [2.05, 4.69) is 9.72 Å². The Labute approximate surface area is 79.5 Å². The monoisotopic (exact) mass is 203 g/mol. The van der Waals surface area contributed by atoms with Crippen LogP contribution in [0.25, 0.3) is 0 Å². The highest BCUT2D eigenvalue weighted by molar-refractivity contribution is 5.09. The number of hydrogen-bond acceptors (Lipinski definition) is 4. The molecular formula is C7H10FN3O3. The summed E-state index contributed by atoms with van der Waals surface area (Å²) in [5.41, 5.74) is 0. The molecule has 1 unspecified atom stereocenters. The average Bonchev–Trinajstić information content (AvgIpc) is 2.51. The van der Waals surface area contributed by atoms with Crippen LogP contribution in [0.2, 0.25) is 0 Å². The van der Waals surface area contributed by atoms with Gasteiger partial charge in [0.2, 0.25) is 0 Å². The Kier molecular flexibility index (Phi) is 2.80. The molecule has 0 aromatic carbocycles. The van der Waals surface area contributed by atoms with Crippen LogP contribution in [0.1, 0.15) is 6.92 Å². The standard InChI is InChI=1S/C7H10FN3O3/c1-7(8,5-14-2)10-4-3-9-6(10)11(12)13/h3-4H,5H2,1-2H3. The van der Waals surface area contributed by atoms with Crippen molar-refractivity contribution in [2.24, 2.45) is 0 Å². The number of aromatic nitrogens is 2. The molecule has 0 saturated heterocycles. The second kappa shape index (κ2) is 3.70. The zero-order valence-corrected chi connectivity index (χ0v) is 7.81. The number of hydrogen-bond donors (Lipinski definition) is 0. The predicted octanol–water partition coefficient (Wildman–Crippen LogP) is 1.08. The highest BCUT2D eigenvalue weighted by atomic mass is 19.1. The van der Waals surface area contributed by atoms with Crippen LogP contribution in [0.3, 0.4) is 0 Å². The summed E-state index contributed by atoms with van der Waals surface area (Å²) in [4.78, 5) is 13.1. The first-order valence-corrected chi connectivity index (χ1v) is 3.85. The lowest BCUT2D eigenvalue weighted by Gasteiger charge is -2.17. The smallest absolute Gasteiger partial charge is 0.390 e. The van der Waals surface area contributed by atoms with Gasteiger partial charge in [-0.3, -0.25) is 0 Å². The second-order valence-corrected chi connectivity index (χ2v) is 2.93. The first kappa shape index (κ1) is 10.6. The van der Waals surface area contributed by atoms with E-state index in [9.17, 15) is 14.5 Å². The summed E-state index contributed by atoms with van der Waals surface area (Å²) in [6, 6.07) is 0. The van der Waals surface area contributed by atoms with E-state index in [1.165, 1.54) is 26.4 Å². The van der Waals surface area contributed by atoms with Crippen LogP contribution < -0.4 is 0 Å². The normalized spacial score (nSPS) is 15.1. The Bertz CT molecular complexity index is 337. The minimum Gasteiger partial charge on any atom is -0.390 e. The van der Waals surface area contributed by atoms with Crippen molar-refractivity contribution in [3.63, 3.8) is 0 Å². The van der Waals surface area contributed by atoms with Crippen molar-refractivity contribution in [2.75, 3.05) is 13.7 Å². The van der Waals surface area contributed by atoms with Crippen LogP contribution in [0.4, 0.5) is 10.3 Å². The molecule has 7 heteroatoms. The number of ether oxygens (including phenoxy) is 1. The van der Waals surface area contributed by atoms with Gasteiger partial charge >= 0.3 is 5.95 Å². The third-order valence-corrected chi connectivity index (χ3v) is 1.69. The molecule has 0 N–H and O–H groups in total. The maximum Gasteiger partial charge on any atom is 0.437 e. The SMILES string of the molecule is COCC(C)(F)n1ccnc1[N+](=O)[O-]. The van der Waals surface area contributed by atoms with Crippen LogP contribution in [-0.4, -0.2) is 28.2 Å². The summed E-state index contributed by atoms with van der Waals surface area (Å²) in [7, 11) is 1.32. The van der Waals surface area contributed by atoms with E-state index in [1.54, 1.807) is 0 Å². The molecule has 14 heavy (non-hydrogen) atoms. The summed E-state index contributed by atoms with van der Waals surface area (Å²) in [6.45, 7) is 0.912. The molecule has 0 saturated carbocycles. The molecule has 0 aliphatic heterocycles. The first-order valence-electron chi connectivity index (χ1n) is 3.85. The molecule has 78 valence electrons. The van der Waals surface area contributed by atoms with E-state index >= 15 is 0 Å². The number of nitrogens with zero attached hydrogens (tertiary/aromatic N) is 3. The molecule has 1 aromatic heterocycles. The molecule has 0 amide bonds. The fraction of sp³-hybridized carbons (Fsp3) is 0.571. The minimum atomic E-state index is -1.96. The summed E-state index contributed by atoms with van der Waals surface area (Å²) in [5.74, 6) is -2.50. The van der Waals surface area contributed by atoms with Gasteiger partial charge in [0, 0.05) is 14.0 Å². The van der Waals surface area contributed by atoms with Crippen molar-refractivity contribution in [2.45, 2.75) is 12.7 Å². The van der Waals surface area contributed by atoms with Crippen LogP contribution in [0, 0.1) is 10.1 Å². The molecule has 1 atom stereocenters. The quantitative estimate of drug-likeness (QED) is 0.542. The zero-order chi connectivity index (χ0) is 10.8. The zero-order valence-electron chi connectivity index (χ0n) is 7.81. The van der Waals surface area contributed by atoms with Gasteiger partial charge < -0.3 is 14.9 Å². The van der Waals surface area contributed by atoms with Crippen molar-refractivity contribution in [3.05, 3.63) is 22.5 Å². The Balaban J connectivity index is 3.05. The third-order valence-electron chi connectivity index (χ3n) is 1.69. The molecule has 6 nitrogen and oxygen atoms in total. The molecule has 0 radical (unpaired) electrons. The van der Waals surface area contributed by atoms with Crippen molar-refractivity contribution in [1.82, 2.24) is 9.55 Å². The lowest BCUT2D eigenvalue weighted by Crippen LogP contribution is -2.30. The lowest BCUT2D eigenvalue weighted by atomic mass is 10.3. The highest BCUT2D eigenvalue weighted by Gasteiger charge is 2.34. The number of halogens is 1. The summed E-state index contributed by atoms with van der Waals surface area (Å²) >= 11 is 0. The molecule has 1 rings (SSSR count). The van der Waals surface area contributed by atoms with Crippen LogP contribution in [-0.2, 0) is 10.5 Å².